The summed E-state index contributed by atoms with van der Waals surface area (Å²) >= 11 is 0. The summed E-state index contributed by atoms with van der Waals surface area (Å²) in [5.41, 5.74) is 4.49. The Morgan fingerprint density at radius 3 is 1.31 bits per heavy atom. The number of rotatable bonds is 10. The Hall–Kier alpha value is -2.06. The van der Waals surface area contributed by atoms with E-state index in [0.29, 0.717) is 25.7 Å². The Morgan fingerprint density at radius 1 is 0.562 bits per heavy atom. The second kappa shape index (κ2) is 10.7. The Morgan fingerprint density at radius 2 is 0.938 bits per heavy atom. The highest BCUT2D eigenvalue weighted by molar-refractivity contribution is 5.75. The van der Waals surface area contributed by atoms with Crippen molar-refractivity contribution >= 4 is 0 Å². The lowest BCUT2D eigenvalue weighted by Gasteiger charge is -2.36. The lowest BCUT2D eigenvalue weighted by Crippen LogP contribution is -2.19. The van der Waals surface area contributed by atoms with Crippen LogP contribution in [0.15, 0.2) is 48.5 Å². The standard InChI is InChI=1S/C24H26F6O2/c25-23(26,27)31-15-7-5-13-21-19-11-3-1-9-17(19)18-10-2-4-12-20(18)22(21)14-6-8-16-32-24(28,29)30/h1-4,9-12,21-22H,5-8,13-16H2. The molecule has 2 nitrogen and oxygen atoms in total. The molecule has 32 heavy (non-hydrogen) atoms. The molecule has 1 aliphatic rings. The molecule has 0 bridgehead atoms. The van der Waals surface area contributed by atoms with E-state index in [9.17, 15) is 26.3 Å². The maximum absolute atomic E-state index is 12.2. The van der Waals surface area contributed by atoms with Gasteiger partial charge in [0.1, 0.15) is 0 Å². The normalized spacial score (nSPS) is 18.3. The molecule has 0 aromatic heterocycles. The van der Waals surface area contributed by atoms with Crippen LogP contribution in [0.2, 0.25) is 0 Å². The van der Waals surface area contributed by atoms with Gasteiger partial charge in [-0.3, -0.25) is 9.47 Å². The van der Waals surface area contributed by atoms with E-state index in [-0.39, 0.29) is 37.9 Å². The van der Waals surface area contributed by atoms with E-state index in [1.54, 1.807) is 0 Å². The van der Waals surface area contributed by atoms with Gasteiger partial charge in [-0.05, 0) is 59.8 Å². The summed E-state index contributed by atoms with van der Waals surface area (Å²) in [5.74, 6) is 0.158. The Labute approximate surface area is 183 Å². The molecule has 176 valence electrons. The fourth-order valence-electron chi connectivity index (χ4n) is 4.59. The summed E-state index contributed by atoms with van der Waals surface area (Å²) in [5, 5.41) is 0. The van der Waals surface area contributed by atoms with Crippen LogP contribution in [0.5, 0.6) is 0 Å². The number of unbranched alkanes of at least 4 members (excludes halogenated alkanes) is 2. The van der Waals surface area contributed by atoms with Gasteiger partial charge in [-0.2, -0.15) is 0 Å². The minimum atomic E-state index is -4.63. The van der Waals surface area contributed by atoms with Gasteiger partial charge < -0.3 is 0 Å². The summed E-state index contributed by atoms with van der Waals surface area (Å²) in [6, 6.07) is 16.0. The van der Waals surface area contributed by atoms with E-state index in [1.807, 2.05) is 48.5 Å². The van der Waals surface area contributed by atoms with Crippen molar-refractivity contribution in [1.82, 2.24) is 0 Å². The number of hydrogen-bond acceptors (Lipinski definition) is 2. The predicted molar refractivity (Wildman–Crippen MR) is 109 cm³/mol. The second-order valence-electron chi connectivity index (χ2n) is 7.97. The van der Waals surface area contributed by atoms with Gasteiger partial charge in [0.2, 0.25) is 0 Å². The van der Waals surface area contributed by atoms with Gasteiger partial charge in [-0.15, -0.1) is 26.3 Å². The first kappa shape index (κ1) is 24.6. The van der Waals surface area contributed by atoms with Gasteiger partial charge in [0.05, 0.1) is 13.2 Å². The highest BCUT2D eigenvalue weighted by Crippen LogP contribution is 2.50. The zero-order valence-corrected chi connectivity index (χ0v) is 17.5. The van der Waals surface area contributed by atoms with E-state index < -0.39 is 12.7 Å². The van der Waals surface area contributed by atoms with Crippen molar-refractivity contribution in [1.29, 1.82) is 0 Å². The Bertz CT molecular complexity index is 791. The highest BCUT2D eigenvalue weighted by atomic mass is 19.4. The number of halogens is 6. The summed E-state index contributed by atoms with van der Waals surface area (Å²) in [6.07, 6.45) is -6.21. The van der Waals surface area contributed by atoms with Crippen molar-refractivity contribution in [2.24, 2.45) is 0 Å². The molecule has 1 aliphatic carbocycles. The average molecular weight is 460 g/mol. The zero-order chi connectivity index (χ0) is 23.2. The summed E-state index contributed by atoms with van der Waals surface area (Å²) < 4.78 is 81.2. The topological polar surface area (TPSA) is 18.5 Å². The molecule has 2 aromatic rings. The monoisotopic (exact) mass is 460 g/mol. The SMILES string of the molecule is FC(F)(F)OCCCCC1c2ccccc2-c2ccccc2C1CCCCOC(F)(F)F. The highest BCUT2D eigenvalue weighted by Gasteiger charge is 2.33. The van der Waals surface area contributed by atoms with Gasteiger partial charge in [-0.25, -0.2) is 0 Å². The molecule has 0 radical (unpaired) electrons. The summed E-state index contributed by atoms with van der Waals surface area (Å²) in [6.45, 7) is -0.762. The lowest BCUT2D eigenvalue weighted by molar-refractivity contribution is -0.325. The molecule has 0 saturated heterocycles. The first-order valence-corrected chi connectivity index (χ1v) is 10.8. The number of ether oxygens (including phenoxy) is 2. The summed E-state index contributed by atoms with van der Waals surface area (Å²) in [7, 11) is 0. The van der Waals surface area contributed by atoms with Crippen molar-refractivity contribution in [2.75, 3.05) is 13.2 Å². The Kier molecular flexibility index (Phi) is 8.22. The van der Waals surface area contributed by atoms with Gasteiger partial charge >= 0.3 is 12.7 Å². The van der Waals surface area contributed by atoms with E-state index in [4.69, 9.17) is 0 Å². The minimum absolute atomic E-state index is 0.0792. The van der Waals surface area contributed by atoms with Crippen LogP contribution in [0.4, 0.5) is 26.3 Å². The molecular formula is C24H26F6O2. The molecule has 0 amide bonds. The van der Waals surface area contributed by atoms with Gasteiger partial charge in [0.25, 0.3) is 0 Å². The Balaban J connectivity index is 1.71. The molecule has 8 heteroatoms. The zero-order valence-electron chi connectivity index (χ0n) is 17.5. The van der Waals surface area contributed by atoms with Crippen molar-refractivity contribution < 1.29 is 35.8 Å². The third kappa shape index (κ3) is 6.97. The van der Waals surface area contributed by atoms with E-state index in [1.165, 1.54) is 0 Å². The molecule has 0 heterocycles. The third-order valence-electron chi connectivity index (χ3n) is 5.85. The quantitative estimate of drug-likeness (QED) is 0.265. The first-order valence-electron chi connectivity index (χ1n) is 10.8. The average Bonchev–Trinajstić information content (AvgIpc) is 2.72. The van der Waals surface area contributed by atoms with Crippen molar-refractivity contribution in [3.05, 3.63) is 59.7 Å². The summed E-state index contributed by atoms with van der Waals surface area (Å²) in [4.78, 5) is 0. The molecule has 0 fully saturated rings. The van der Waals surface area contributed by atoms with Crippen LogP contribution in [-0.2, 0) is 9.47 Å². The lowest BCUT2D eigenvalue weighted by atomic mass is 9.68. The molecule has 2 aromatic carbocycles. The second-order valence-corrected chi connectivity index (χ2v) is 7.97. The van der Waals surface area contributed by atoms with Crippen LogP contribution >= 0.6 is 0 Å². The molecule has 2 atom stereocenters. The number of fused-ring (bicyclic) bond motifs is 3. The third-order valence-corrected chi connectivity index (χ3v) is 5.85. The molecule has 0 aliphatic heterocycles. The van der Waals surface area contributed by atoms with Gasteiger partial charge in [0, 0.05) is 0 Å². The van der Waals surface area contributed by atoms with Crippen LogP contribution in [-0.4, -0.2) is 25.9 Å². The molecule has 3 rings (SSSR count). The molecule has 2 unspecified atom stereocenters. The van der Waals surface area contributed by atoms with Crippen molar-refractivity contribution in [3.63, 3.8) is 0 Å². The van der Waals surface area contributed by atoms with Crippen LogP contribution in [0.3, 0.4) is 0 Å². The van der Waals surface area contributed by atoms with Crippen molar-refractivity contribution in [3.8, 4) is 11.1 Å². The maximum Gasteiger partial charge on any atom is 0.522 e. The van der Waals surface area contributed by atoms with Crippen molar-refractivity contribution in [2.45, 2.75) is 63.1 Å². The molecule has 0 saturated carbocycles. The first-order chi connectivity index (χ1) is 15.2. The predicted octanol–water partition coefficient (Wildman–Crippen LogP) is 7.95. The fraction of sp³-hybridized carbons (Fsp3) is 0.500. The van der Waals surface area contributed by atoms with Crippen LogP contribution in [0, 0.1) is 0 Å². The minimum Gasteiger partial charge on any atom is -0.292 e. The van der Waals surface area contributed by atoms with E-state index >= 15 is 0 Å². The fourth-order valence-corrected chi connectivity index (χ4v) is 4.59. The molecular weight excluding hydrogens is 434 g/mol. The van der Waals surface area contributed by atoms with Crippen LogP contribution in [0.1, 0.15) is 61.5 Å². The van der Waals surface area contributed by atoms with E-state index in [2.05, 4.69) is 9.47 Å². The smallest absolute Gasteiger partial charge is 0.292 e. The van der Waals surface area contributed by atoms with Crippen LogP contribution in [0.25, 0.3) is 11.1 Å². The van der Waals surface area contributed by atoms with Crippen LogP contribution < -0.4 is 0 Å². The number of hydrogen-bond donors (Lipinski definition) is 0. The van der Waals surface area contributed by atoms with Gasteiger partial charge in [-0.1, -0.05) is 61.4 Å². The molecule has 0 spiro atoms. The molecule has 0 N–H and O–H groups in total. The van der Waals surface area contributed by atoms with Gasteiger partial charge in [0.15, 0.2) is 0 Å². The number of benzene rings is 2. The maximum atomic E-state index is 12.2. The largest absolute Gasteiger partial charge is 0.522 e. The number of alkyl halides is 6. The van der Waals surface area contributed by atoms with E-state index in [0.717, 1.165) is 22.3 Å².